The fourth-order valence-corrected chi connectivity index (χ4v) is 4.48. The summed E-state index contributed by atoms with van der Waals surface area (Å²) in [5, 5.41) is 3.02. The molecular weight excluding hydrogens is 326 g/mol. The minimum Gasteiger partial charge on any atom is -0.323 e. The van der Waals surface area contributed by atoms with Gasteiger partial charge in [0.15, 0.2) is 6.67 Å². The van der Waals surface area contributed by atoms with Gasteiger partial charge in [-0.1, -0.05) is 37.3 Å². The normalized spacial score (nSPS) is 31.9. The van der Waals surface area contributed by atoms with Gasteiger partial charge in [0.25, 0.3) is 5.91 Å². The van der Waals surface area contributed by atoms with E-state index in [1.54, 1.807) is 0 Å². The van der Waals surface area contributed by atoms with Crippen LogP contribution in [0.25, 0.3) is 5.57 Å². The Labute approximate surface area is 155 Å². The van der Waals surface area contributed by atoms with Crippen molar-refractivity contribution in [3.8, 4) is 0 Å². The quantitative estimate of drug-likeness (QED) is 0.814. The molecule has 26 heavy (non-hydrogen) atoms. The van der Waals surface area contributed by atoms with Gasteiger partial charge >= 0.3 is 6.03 Å². The summed E-state index contributed by atoms with van der Waals surface area (Å²) in [6, 6.07) is 10.2. The van der Waals surface area contributed by atoms with Crippen molar-refractivity contribution in [1.82, 2.24) is 10.2 Å². The van der Waals surface area contributed by atoms with Crippen LogP contribution < -0.4 is 10.2 Å². The number of quaternary nitrogens is 1. The Morgan fingerprint density at radius 2 is 1.92 bits per heavy atom. The van der Waals surface area contributed by atoms with Gasteiger partial charge in [-0.15, -0.1) is 0 Å². The number of nitrogens with one attached hydrogen (secondary N) is 2. The molecule has 0 bridgehead atoms. The number of urea groups is 1. The van der Waals surface area contributed by atoms with Gasteiger partial charge in [0.2, 0.25) is 0 Å². The van der Waals surface area contributed by atoms with Crippen LogP contribution >= 0.6 is 0 Å². The molecule has 2 fully saturated rings. The molecule has 1 aromatic carbocycles. The fourth-order valence-electron chi connectivity index (χ4n) is 4.48. The molecule has 5 nitrogen and oxygen atoms in total. The maximum Gasteiger partial charge on any atom is 0.329 e. The lowest BCUT2D eigenvalue weighted by atomic mass is 9.77. The Balaban J connectivity index is 1.40. The zero-order valence-electron chi connectivity index (χ0n) is 15.5. The summed E-state index contributed by atoms with van der Waals surface area (Å²) >= 11 is 0. The van der Waals surface area contributed by atoms with Crippen molar-refractivity contribution in [2.75, 3.05) is 19.8 Å². The maximum absolute atomic E-state index is 13.0. The summed E-state index contributed by atoms with van der Waals surface area (Å²) < 4.78 is 0. The predicted molar refractivity (Wildman–Crippen MR) is 100 cm³/mol. The first-order valence-electron chi connectivity index (χ1n) is 9.79. The maximum atomic E-state index is 13.0. The first-order chi connectivity index (χ1) is 12.6. The van der Waals surface area contributed by atoms with Crippen LogP contribution in [0.3, 0.4) is 0 Å². The van der Waals surface area contributed by atoms with Crippen LogP contribution in [0, 0.1) is 5.92 Å². The molecule has 0 aromatic heterocycles. The lowest BCUT2D eigenvalue weighted by molar-refractivity contribution is -0.902. The molecule has 1 saturated heterocycles. The second kappa shape index (κ2) is 6.88. The number of benzene rings is 1. The van der Waals surface area contributed by atoms with Gasteiger partial charge in [0, 0.05) is 6.42 Å². The number of nitrogens with zero attached hydrogens (tertiary/aromatic N) is 1. The minimum atomic E-state index is -0.621. The van der Waals surface area contributed by atoms with E-state index >= 15 is 0 Å². The van der Waals surface area contributed by atoms with E-state index in [4.69, 9.17) is 0 Å². The van der Waals surface area contributed by atoms with E-state index in [0.717, 1.165) is 45.2 Å². The van der Waals surface area contributed by atoms with E-state index in [1.165, 1.54) is 20.9 Å². The highest BCUT2D eigenvalue weighted by molar-refractivity contribution is 6.06. The molecule has 1 saturated carbocycles. The first kappa shape index (κ1) is 17.3. The lowest BCUT2D eigenvalue weighted by Gasteiger charge is -2.33. The number of carbonyl (C=O) groups excluding carboxylic acids is 2. The third-order valence-corrected chi connectivity index (χ3v) is 6.29. The summed E-state index contributed by atoms with van der Waals surface area (Å²) in [7, 11) is 0. The smallest absolute Gasteiger partial charge is 0.323 e. The van der Waals surface area contributed by atoms with Gasteiger partial charge in [0.05, 0.1) is 13.1 Å². The van der Waals surface area contributed by atoms with E-state index in [0.29, 0.717) is 12.6 Å². The number of hydrogen-bond donors (Lipinski definition) is 2. The highest BCUT2D eigenvalue weighted by atomic mass is 16.2. The summed E-state index contributed by atoms with van der Waals surface area (Å²) in [5.74, 6) is 0.647. The van der Waals surface area contributed by atoms with Crippen molar-refractivity contribution < 1.29 is 14.5 Å². The Morgan fingerprint density at radius 3 is 2.58 bits per heavy atom. The standard InChI is InChI=1S/C21H27N3O2/c1-16-7-11-21(12-8-16)19(25)24(20(26)22-21)15-23-13-9-18(10-14-23)17-5-3-2-4-6-17/h2-6,9,16H,7-8,10-15H2,1H3,(H,22,26)/p+1. The molecule has 4 rings (SSSR count). The number of rotatable bonds is 3. The number of imide groups is 1. The van der Waals surface area contributed by atoms with Gasteiger partial charge in [-0.25, -0.2) is 9.69 Å². The second-order valence-corrected chi connectivity index (χ2v) is 8.14. The Hall–Kier alpha value is -2.14. The zero-order valence-corrected chi connectivity index (χ0v) is 15.5. The molecule has 138 valence electrons. The van der Waals surface area contributed by atoms with Crippen LogP contribution in [0.2, 0.25) is 0 Å². The van der Waals surface area contributed by atoms with Gasteiger partial charge in [-0.2, -0.15) is 0 Å². The highest BCUT2D eigenvalue weighted by Gasteiger charge is 2.53. The van der Waals surface area contributed by atoms with E-state index in [-0.39, 0.29) is 11.9 Å². The average molecular weight is 354 g/mol. The molecule has 2 aliphatic heterocycles. The molecule has 1 atom stereocenters. The number of carbonyl (C=O) groups is 2. The molecule has 1 aromatic rings. The van der Waals surface area contributed by atoms with Crippen LogP contribution in [-0.2, 0) is 4.79 Å². The number of hydrogen-bond acceptors (Lipinski definition) is 2. The average Bonchev–Trinajstić information content (AvgIpc) is 2.90. The molecule has 2 heterocycles. The van der Waals surface area contributed by atoms with Gasteiger partial charge < -0.3 is 10.2 Å². The molecule has 1 aliphatic carbocycles. The van der Waals surface area contributed by atoms with Crippen LogP contribution in [-0.4, -0.2) is 42.1 Å². The molecule has 3 aliphatic rings. The topological polar surface area (TPSA) is 53.9 Å². The van der Waals surface area contributed by atoms with Crippen molar-refractivity contribution in [2.24, 2.45) is 5.92 Å². The number of amides is 3. The first-order valence-corrected chi connectivity index (χ1v) is 9.79. The van der Waals surface area contributed by atoms with Gasteiger partial charge in [-0.3, -0.25) is 4.79 Å². The molecule has 3 amide bonds. The van der Waals surface area contributed by atoms with Crippen molar-refractivity contribution in [2.45, 2.75) is 44.6 Å². The fraction of sp³-hybridized carbons (Fsp3) is 0.524. The van der Waals surface area contributed by atoms with Gasteiger partial charge in [0.1, 0.15) is 5.54 Å². The lowest BCUT2D eigenvalue weighted by Crippen LogP contribution is -3.14. The molecule has 1 spiro atoms. The Bertz CT molecular complexity index is 720. The minimum absolute atomic E-state index is 0.000245. The van der Waals surface area contributed by atoms with Crippen molar-refractivity contribution >= 4 is 17.5 Å². The molecule has 2 N–H and O–H groups in total. The van der Waals surface area contributed by atoms with Crippen LogP contribution in [0.4, 0.5) is 4.79 Å². The zero-order chi connectivity index (χ0) is 18.1. The molecular formula is C21H28N3O2+. The van der Waals surface area contributed by atoms with E-state index in [1.807, 2.05) is 6.07 Å². The summed E-state index contributed by atoms with van der Waals surface area (Å²) in [4.78, 5) is 28.2. The van der Waals surface area contributed by atoms with Crippen LogP contribution in [0.5, 0.6) is 0 Å². The van der Waals surface area contributed by atoms with E-state index in [2.05, 4.69) is 42.6 Å². The van der Waals surface area contributed by atoms with E-state index < -0.39 is 5.54 Å². The van der Waals surface area contributed by atoms with Crippen LogP contribution in [0.15, 0.2) is 36.4 Å². The SMILES string of the molecule is CC1CCC2(CC1)NC(=O)N(C[NH+]1CC=C(c3ccccc3)CC1)C2=O. The Morgan fingerprint density at radius 1 is 1.19 bits per heavy atom. The summed E-state index contributed by atoms with van der Waals surface area (Å²) in [6.07, 6.45) is 6.82. The van der Waals surface area contributed by atoms with Crippen LogP contribution in [0.1, 0.15) is 44.6 Å². The highest BCUT2D eigenvalue weighted by Crippen LogP contribution is 2.36. The van der Waals surface area contributed by atoms with E-state index in [9.17, 15) is 9.59 Å². The monoisotopic (exact) mass is 354 g/mol. The predicted octanol–water partition coefficient (Wildman–Crippen LogP) is 1.82. The molecule has 1 unspecified atom stereocenters. The second-order valence-electron chi connectivity index (χ2n) is 8.14. The molecule has 0 radical (unpaired) electrons. The Kier molecular flexibility index (Phi) is 4.57. The van der Waals surface area contributed by atoms with Gasteiger partial charge in [-0.05, 0) is 48.8 Å². The summed E-state index contributed by atoms with van der Waals surface area (Å²) in [5.41, 5.74) is 2.02. The van der Waals surface area contributed by atoms with Crippen molar-refractivity contribution in [1.29, 1.82) is 0 Å². The third-order valence-electron chi connectivity index (χ3n) is 6.29. The third kappa shape index (κ3) is 3.16. The largest absolute Gasteiger partial charge is 0.329 e. The van der Waals surface area contributed by atoms with Crippen molar-refractivity contribution in [3.63, 3.8) is 0 Å². The molecule has 5 heteroatoms. The van der Waals surface area contributed by atoms with Crippen molar-refractivity contribution in [3.05, 3.63) is 42.0 Å². The summed E-state index contributed by atoms with van der Waals surface area (Å²) in [6.45, 7) is 4.49.